The van der Waals surface area contributed by atoms with Crippen molar-refractivity contribution < 1.29 is 18.3 Å². The van der Waals surface area contributed by atoms with Gasteiger partial charge in [-0.1, -0.05) is 12.1 Å². The Labute approximate surface area is 106 Å². The van der Waals surface area contributed by atoms with Crippen LogP contribution in [0.3, 0.4) is 0 Å². The molecular formula is C12H15NO4S. The number of para-hydroxylation sites is 1. The van der Waals surface area contributed by atoms with Gasteiger partial charge in [-0.25, -0.2) is 8.42 Å². The van der Waals surface area contributed by atoms with E-state index in [-0.39, 0.29) is 18.2 Å². The molecule has 0 saturated carbocycles. The van der Waals surface area contributed by atoms with Crippen molar-refractivity contribution in [2.24, 2.45) is 0 Å². The Bertz CT molecular complexity index is 567. The summed E-state index contributed by atoms with van der Waals surface area (Å²) in [5.41, 5.74) is 0.652. The molecule has 1 atom stereocenters. The van der Waals surface area contributed by atoms with Gasteiger partial charge in [-0.2, -0.15) is 0 Å². The summed E-state index contributed by atoms with van der Waals surface area (Å²) >= 11 is 0. The molecule has 0 aliphatic carbocycles. The lowest BCUT2D eigenvalue weighted by Gasteiger charge is -2.35. The monoisotopic (exact) mass is 269 g/mol. The van der Waals surface area contributed by atoms with Crippen LogP contribution < -0.4 is 4.90 Å². The smallest absolute Gasteiger partial charge is 0.303 e. The van der Waals surface area contributed by atoms with Crippen LogP contribution >= 0.6 is 0 Å². The number of sulfone groups is 1. The number of fused-ring (bicyclic) bond motifs is 1. The van der Waals surface area contributed by atoms with Crippen molar-refractivity contribution in [2.45, 2.75) is 23.8 Å². The number of hydrogen-bond acceptors (Lipinski definition) is 4. The third kappa shape index (κ3) is 2.33. The fraction of sp³-hybridized carbons (Fsp3) is 0.417. The van der Waals surface area contributed by atoms with Gasteiger partial charge in [-0.15, -0.1) is 0 Å². The van der Waals surface area contributed by atoms with Gasteiger partial charge in [0.15, 0.2) is 9.84 Å². The lowest BCUT2D eigenvalue weighted by atomic mass is 10.1. The van der Waals surface area contributed by atoms with E-state index in [9.17, 15) is 13.2 Å². The van der Waals surface area contributed by atoms with E-state index in [1.807, 2.05) is 4.90 Å². The van der Waals surface area contributed by atoms with Crippen molar-refractivity contribution in [3.8, 4) is 0 Å². The molecule has 1 aliphatic rings. The maximum atomic E-state index is 12.1. The normalized spacial score (nSPS) is 21.4. The summed E-state index contributed by atoms with van der Waals surface area (Å²) in [5.74, 6) is -0.923. The van der Waals surface area contributed by atoms with E-state index in [4.69, 9.17) is 5.11 Å². The first-order valence-electron chi connectivity index (χ1n) is 5.68. The molecule has 0 saturated heterocycles. The summed E-state index contributed by atoms with van der Waals surface area (Å²) < 4.78 is 24.2. The zero-order valence-corrected chi connectivity index (χ0v) is 10.9. The summed E-state index contributed by atoms with van der Waals surface area (Å²) in [6.45, 7) is 0. The fourth-order valence-electron chi connectivity index (χ4n) is 2.23. The third-order valence-electron chi connectivity index (χ3n) is 3.23. The zero-order valence-electron chi connectivity index (χ0n) is 10.0. The number of aliphatic carboxylic acids is 1. The second-order valence-corrected chi connectivity index (χ2v) is 6.45. The average molecular weight is 269 g/mol. The number of carboxylic acid groups (broad SMARTS) is 1. The second kappa shape index (κ2) is 4.61. The molecule has 0 spiro atoms. The molecule has 0 bridgehead atoms. The zero-order chi connectivity index (χ0) is 13.3. The molecule has 18 heavy (non-hydrogen) atoms. The van der Waals surface area contributed by atoms with Crippen LogP contribution in [0.1, 0.15) is 12.8 Å². The predicted octanol–water partition coefficient (Wildman–Crippen LogP) is 1.14. The Morgan fingerprint density at radius 3 is 2.78 bits per heavy atom. The van der Waals surface area contributed by atoms with E-state index >= 15 is 0 Å². The largest absolute Gasteiger partial charge is 0.481 e. The minimum atomic E-state index is -3.31. The summed E-state index contributed by atoms with van der Waals surface area (Å²) in [4.78, 5) is 12.8. The van der Waals surface area contributed by atoms with Crippen molar-refractivity contribution >= 4 is 21.5 Å². The molecule has 0 fully saturated rings. The van der Waals surface area contributed by atoms with Crippen LogP contribution in [0.4, 0.5) is 5.69 Å². The molecule has 6 heteroatoms. The Morgan fingerprint density at radius 2 is 2.11 bits per heavy atom. The molecule has 1 aromatic carbocycles. The van der Waals surface area contributed by atoms with Gasteiger partial charge in [0.2, 0.25) is 0 Å². The van der Waals surface area contributed by atoms with Crippen molar-refractivity contribution in [2.75, 3.05) is 17.7 Å². The molecule has 1 unspecified atom stereocenters. The Morgan fingerprint density at radius 1 is 1.44 bits per heavy atom. The van der Waals surface area contributed by atoms with Crippen molar-refractivity contribution in [3.05, 3.63) is 24.3 Å². The first-order chi connectivity index (χ1) is 8.42. The lowest BCUT2D eigenvalue weighted by molar-refractivity contribution is -0.137. The number of carboxylic acids is 1. The van der Waals surface area contributed by atoms with Crippen LogP contribution in [0.15, 0.2) is 29.2 Å². The molecule has 0 radical (unpaired) electrons. The summed E-state index contributed by atoms with van der Waals surface area (Å²) in [6, 6.07) is 6.54. The molecule has 98 valence electrons. The number of carbonyl (C=O) groups is 1. The molecule has 1 aromatic rings. The Hall–Kier alpha value is -1.56. The highest BCUT2D eigenvalue weighted by atomic mass is 32.2. The first kappa shape index (κ1) is 12.9. The van der Waals surface area contributed by atoms with Gasteiger partial charge in [0, 0.05) is 19.5 Å². The molecule has 1 heterocycles. The summed E-state index contributed by atoms with van der Waals surface area (Å²) in [6.07, 6.45) is 0.312. The van der Waals surface area contributed by atoms with Crippen LogP contribution in [0, 0.1) is 0 Å². The van der Waals surface area contributed by atoms with Crippen molar-refractivity contribution in [3.63, 3.8) is 0 Å². The molecule has 1 N–H and O–H groups in total. The molecule has 2 rings (SSSR count). The molecular weight excluding hydrogens is 254 g/mol. The van der Waals surface area contributed by atoms with Crippen molar-refractivity contribution in [1.82, 2.24) is 0 Å². The van der Waals surface area contributed by atoms with E-state index in [1.54, 1.807) is 31.3 Å². The van der Waals surface area contributed by atoms with Gasteiger partial charge in [-0.3, -0.25) is 4.79 Å². The molecule has 0 aromatic heterocycles. The minimum absolute atomic E-state index is 0.0200. The van der Waals surface area contributed by atoms with Crippen LogP contribution in [0.25, 0.3) is 0 Å². The summed E-state index contributed by atoms with van der Waals surface area (Å²) in [5, 5.41) is 8.69. The predicted molar refractivity (Wildman–Crippen MR) is 67.6 cm³/mol. The van der Waals surface area contributed by atoms with E-state index in [2.05, 4.69) is 0 Å². The number of anilines is 1. The van der Waals surface area contributed by atoms with E-state index < -0.39 is 15.8 Å². The number of benzene rings is 1. The minimum Gasteiger partial charge on any atom is -0.481 e. The quantitative estimate of drug-likeness (QED) is 0.890. The number of hydrogen-bond donors (Lipinski definition) is 1. The highest BCUT2D eigenvalue weighted by Crippen LogP contribution is 2.33. The maximum absolute atomic E-state index is 12.1. The van der Waals surface area contributed by atoms with E-state index in [0.717, 1.165) is 0 Å². The van der Waals surface area contributed by atoms with Gasteiger partial charge in [0.1, 0.15) is 0 Å². The molecule has 0 amide bonds. The van der Waals surface area contributed by atoms with Crippen LogP contribution in [-0.2, 0) is 14.6 Å². The second-order valence-electron chi connectivity index (χ2n) is 4.45. The highest BCUT2D eigenvalue weighted by Gasteiger charge is 2.33. The molecule has 1 aliphatic heterocycles. The standard InChI is InChI=1S/C12H15NO4S/c1-13-9(6-7-12(14)15)8-18(16,17)11-5-3-2-4-10(11)13/h2-5,9H,6-8H2,1H3,(H,14,15). The average Bonchev–Trinajstić information content (AvgIpc) is 2.32. The van der Waals surface area contributed by atoms with Gasteiger partial charge in [-0.05, 0) is 18.6 Å². The number of nitrogens with zero attached hydrogens (tertiary/aromatic N) is 1. The first-order valence-corrected chi connectivity index (χ1v) is 7.33. The van der Waals surface area contributed by atoms with Gasteiger partial charge in [0.25, 0.3) is 0 Å². The topological polar surface area (TPSA) is 74.7 Å². The van der Waals surface area contributed by atoms with Crippen LogP contribution in [0.2, 0.25) is 0 Å². The fourth-order valence-corrected chi connectivity index (χ4v) is 4.12. The van der Waals surface area contributed by atoms with E-state index in [0.29, 0.717) is 17.0 Å². The lowest BCUT2D eigenvalue weighted by Crippen LogP contribution is -2.42. The molecule has 5 nitrogen and oxygen atoms in total. The van der Waals surface area contributed by atoms with Gasteiger partial charge in [0.05, 0.1) is 16.3 Å². The van der Waals surface area contributed by atoms with Gasteiger partial charge < -0.3 is 10.0 Å². The number of rotatable bonds is 3. The SMILES string of the molecule is CN1c2ccccc2S(=O)(=O)CC1CCC(=O)O. The Kier molecular flexibility index (Phi) is 3.30. The van der Waals surface area contributed by atoms with Crippen molar-refractivity contribution in [1.29, 1.82) is 0 Å². The Balaban J connectivity index is 2.33. The maximum Gasteiger partial charge on any atom is 0.303 e. The van der Waals surface area contributed by atoms with Crippen LogP contribution in [-0.4, -0.2) is 38.3 Å². The van der Waals surface area contributed by atoms with E-state index in [1.165, 1.54) is 0 Å². The van der Waals surface area contributed by atoms with Gasteiger partial charge >= 0.3 is 5.97 Å². The summed E-state index contributed by atoms with van der Waals surface area (Å²) in [7, 11) is -1.50. The third-order valence-corrected chi connectivity index (χ3v) is 5.07. The van der Waals surface area contributed by atoms with Crippen LogP contribution in [0.5, 0.6) is 0 Å². The highest BCUT2D eigenvalue weighted by molar-refractivity contribution is 7.91.